The first-order chi connectivity index (χ1) is 15.0. The van der Waals surface area contributed by atoms with Crippen LogP contribution in [0, 0.1) is 26.2 Å². The maximum atomic E-state index is 14.4. The van der Waals surface area contributed by atoms with Gasteiger partial charge in [-0.05, 0) is 42.7 Å². The van der Waals surface area contributed by atoms with Crippen LogP contribution in [0.2, 0.25) is 0 Å². The third-order valence-corrected chi connectivity index (χ3v) is 5.83. The van der Waals surface area contributed by atoms with Crippen LogP contribution in [-0.2, 0) is 7.05 Å². The first-order valence-corrected chi connectivity index (χ1v) is 10.1. The summed E-state index contributed by atoms with van der Waals surface area (Å²) in [7, 11) is 1.91. The number of nitrogens with zero attached hydrogens (tertiary/aromatic N) is 2. The van der Waals surface area contributed by atoms with Crippen molar-refractivity contribution >= 4 is 27.6 Å². The number of halogens is 1. The summed E-state index contributed by atoms with van der Waals surface area (Å²) in [6, 6.07) is 19.3. The van der Waals surface area contributed by atoms with E-state index in [9.17, 15) is 4.39 Å². The van der Waals surface area contributed by atoms with E-state index >= 15 is 0 Å². The Morgan fingerprint density at radius 1 is 0.935 bits per heavy atom. The zero-order chi connectivity index (χ0) is 21.7. The van der Waals surface area contributed by atoms with Gasteiger partial charge in [-0.15, -0.1) is 0 Å². The van der Waals surface area contributed by atoms with Crippen LogP contribution in [0.4, 0.5) is 10.1 Å². The standard InChI is InChI=1S/C27H20FN2O/c1-16-10-11-19-21-12-23(29-3)20(18-8-6-5-7-9-18)13-25(21)31-27(19)26(16)24-14-22(28)17(2)15-30(24)4/h5-15H,1-2,4H3/q+1. The molecule has 0 saturated heterocycles. The summed E-state index contributed by atoms with van der Waals surface area (Å²) in [6.45, 7) is 11.5. The molecule has 31 heavy (non-hydrogen) atoms. The van der Waals surface area contributed by atoms with Gasteiger partial charge in [-0.2, -0.15) is 0 Å². The molecule has 2 heterocycles. The number of aryl methyl sites for hydroxylation is 3. The molecule has 0 radical (unpaired) electrons. The van der Waals surface area contributed by atoms with E-state index in [1.54, 1.807) is 19.2 Å². The number of hydrogen-bond donors (Lipinski definition) is 0. The van der Waals surface area contributed by atoms with Crippen LogP contribution >= 0.6 is 0 Å². The highest BCUT2D eigenvalue weighted by atomic mass is 19.1. The van der Waals surface area contributed by atoms with Gasteiger partial charge in [0.25, 0.3) is 0 Å². The van der Waals surface area contributed by atoms with E-state index in [2.05, 4.69) is 4.85 Å². The van der Waals surface area contributed by atoms with Gasteiger partial charge in [0.1, 0.15) is 24.0 Å². The SMILES string of the molecule is [C-]#[N+]c1cc2c(cc1-c1ccccc1)oc1c(-c3cc(F)c(C)c[n+]3C)c(C)ccc12. The molecular weight excluding hydrogens is 387 g/mol. The molecular formula is C27H20FN2O+. The summed E-state index contributed by atoms with van der Waals surface area (Å²) in [5.41, 5.74) is 7.01. The Kier molecular flexibility index (Phi) is 4.34. The van der Waals surface area contributed by atoms with Crippen LogP contribution in [0.1, 0.15) is 11.1 Å². The van der Waals surface area contributed by atoms with Crippen LogP contribution in [0.25, 0.3) is 49.2 Å². The van der Waals surface area contributed by atoms with Crippen LogP contribution in [0.15, 0.2) is 71.3 Å². The normalized spacial score (nSPS) is 11.2. The van der Waals surface area contributed by atoms with E-state index in [0.717, 1.165) is 38.7 Å². The Morgan fingerprint density at radius 3 is 2.45 bits per heavy atom. The maximum Gasteiger partial charge on any atom is 0.219 e. The molecule has 0 aliphatic heterocycles. The van der Waals surface area contributed by atoms with E-state index in [-0.39, 0.29) is 5.82 Å². The van der Waals surface area contributed by atoms with E-state index in [0.29, 0.717) is 22.4 Å². The molecule has 0 aliphatic rings. The predicted octanol–water partition coefficient (Wildman–Crippen LogP) is 7.05. The first-order valence-electron chi connectivity index (χ1n) is 10.1. The summed E-state index contributed by atoms with van der Waals surface area (Å²) in [6.07, 6.45) is 1.79. The minimum absolute atomic E-state index is 0.248. The molecule has 0 bridgehead atoms. The van der Waals surface area contributed by atoms with Gasteiger partial charge in [0, 0.05) is 22.4 Å². The first kappa shape index (κ1) is 19.0. The fourth-order valence-corrected chi connectivity index (χ4v) is 4.24. The summed E-state index contributed by atoms with van der Waals surface area (Å²) >= 11 is 0. The Labute approximate surface area is 179 Å². The quantitative estimate of drug-likeness (QED) is 0.227. The molecule has 4 heteroatoms. The lowest BCUT2D eigenvalue weighted by molar-refractivity contribution is -0.661. The molecule has 0 atom stereocenters. The molecule has 0 saturated carbocycles. The summed E-state index contributed by atoms with van der Waals surface area (Å²) in [5.74, 6) is -0.248. The van der Waals surface area contributed by atoms with Gasteiger partial charge in [-0.25, -0.2) is 13.8 Å². The lowest BCUT2D eigenvalue weighted by Gasteiger charge is -2.06. The third kappa shape index (κ3) is 2.98. The average molecular weight is 407 g/mol. The minimum Gasteiger partial charge on any atom is -0.455 e. The van der Waals surface area contributed by atoms with Gasteiger partial charge in [0.05, 0.1) is 12.1 Å². The van der Waals surface area contributed by atoms with Gasteiger partial charge >= 0.3 is 0 Å². The van der Waals surface area contributed by atoms with Crippen LogP contribution in [0.3, 0.4) is 0 Å². The maximum absolute atomic E-state index is 14.4. The monoisotopic (exact) mass is 407 g/mol. The van der Waals surface area contributed by atoms with Gasteiger partial charge < -0.3 is 4.42 Å². The summed E-state index contributed by atoms with van der Waals surface area (Å²) in [5, 5.41) is 1.80. The number of hydrogen-bond acceptors (Lipinski definition) is 1. The lowest BCUT2D eigenvalue weighted by atomic mass is 9.98. The molecule has 3 nitrogen and oxygen atoms in total. The highest BCUT2D eigenvalue weighted by Crippen LogP contribution is 2.42. The Bertz CT molecular complexity index is 1530. The Hall–Kier alpha value is -3.97. The second-order valence-corrected chi connectivity index (χ2v) is 7.88. The number of rotatable bonds is 2. The van der Waals surface area contributed by atoms with Crippen molar-refractivity contribution in [3.63, 3.8) is 0 Å². The Morgan fingerprint density at radius 2 is 1.71 bits per heavy atom. The number of fused-ring (bicyclic) bond motifs is 3. The molecule has 5 rings (SSSR count). The zero-order valence-corrected chi connectivity index (χ0v) is 17.5. The van der Waals surface area contributed by atoms with Crippen LogP contribution in [-0.4, -0.2) is 0 Å². The number of furan rings is 1. The molecule has 150 valence electrons. The van der Waals surface area contributed by atoms with Crippen molar-refractivity contribution < 1.29 is 13.4 Å². The molecule has 3 aromatic carbocycles. The van der Waals surface area contributed by atoms with Crippen LogP contribution in [0.5, 0.6) is 0 Å². The molecule has 5 aromatic rings. The van der Waals surface area contributed by atoms with Crippen molar-refractivity contribution in [1.29, 1.82) is 0 Å². The van der Waals surface area contributed by atoms with Crippen molar-refractivity contribution in [2.24, 2.45) is 7.05 Å². The second-order valence-electron chi connectivity index (χ2n) is 7.88. The van der Waals surface area contributed by atoms with E-state index < -0.39 is 0 Å². The van der Waals surface area contributed by atoms with Crippen molar-refractivity contribution in [2.75, 3.05) is 0 Å². The van der Waals surface area contributed by atoms with E-state index in [1.165, 1.54) is 0 Å². The number of benzene rings is 3. The van der Waals surface area contributed by atoms with Crippen LogP contribution < -0.4 is 4.57 Å². The van der Waals surface area contributed by atoms with Crippen molar-refractivity contribution in [2.45, 2.75) is 13.8 Å². The summed E-state index contributed by atoms with van der Waals surface area (Å²) < 4.78 is 22.7. The molecule has 0 fully saturated rings. The molecule has 0 unspecified atom stereocenters. The second kappa shape index (κ2) is 7.07. The van der Waals surface area contributed by atoms with Crippen molar-refractivity contribution in [1.82, 2.24) is 0 Å². The molecule has 0 spiro atoms. The number of aromatic nitrogens is 1. The highest BCUT2D eigenvalue weighted by Gasteiger charge is 2.23. The average Bonchev–Trinajstić information content (AvgIpc) is 3.13. The van der Waals surface area contributed by atoms with Crippen molar-refractivity contribution in [3.05, 3.63) is 95.2 Å². The largest absolute Gasteiger partial charge is 0.455 e. The van der Waals surface area contributed by atoms with Gasteiger partial charge in [-0.1, -0.05) is 42.5 Å². The van der Waals surface area contributed by atoms with E-state index in [4.69, 9.17) is 11.0 Å². The molecule has 0 amide bonds. The molecule has 2 aromatic heterocycles. The Balaban J connectivity index is 1.85. The third-order valence-electron chi connectivity index (χ3n) is 5.83. The fraction of sp³-hybridized carbons (Fsp3) is 0.111. The zero-order valence-electron chi connectivity index (χ0n) is 17.5. The van der Waals surface area contributed by atoms with Gasteiger partial charge in [0.15, 0.2) is 11.9 Å². The van der Waals surface area contributed by atoms with Gasteiger partial charge in [0.2, 0.25) is 5.69 Å². The lowest BCUT2D eigenvalue weighted by Crippen LogP contribution is -2.31. The topological polar surface area (TPSA) is 21.4 Å². The summed E-state index contributed by atoms with van der Waals surface area (Å²) in [4.78, 5) is 3.77. The predicted molar refractivity (Wildman–Crippen MR) is 121 cm³/mol. The van der Waals surface area contributed by atoms with Gasteiger partial charge in [-0.3, -0.25) is 0 Å². The minimum atomic E-state index is -0.248. The highest BCUT2D eigenvalue weighted by molar-refractivity contribution is 6.12. The molecule has 0 aliphatic carbocycles. The van der Waals surface area contributed by atoms with Crippen molar-refractivity contribution in [3.8, 4) is 22.4 Å². The fourth-order valence-electron chi connectivity index (χ4n) is 4.24. The van der Waals surface area contributed by atoms with E-state index in [1.807, 2.05) is 73.1 Å². The molecule has 0 N–H and O–H groups in total. The smallest absolute Gasteiger partial charge is 0.219 e. The number of pyridine rings is 1.